The van der Waals surface area contributed by atoms with Gasteiger partial charge in [-0.25, -0.2) is 0 Å². The van der Waals surface area contributed by atoms with Crippen LogP contribution in [-0.2, 0) is 15.7 Å². The summed E-state index contributed by atoms with van der Waals surface area (Å²) in [6.07, 6.45) is 1.65. The Morgan fingerprint density at radius 3 is 2.14 bits per heavy atom. The van der Waals surface area contributed by atoms with Crippen LogP contribution in [0.4, 0.5) is 0 Å². The summed E-state index contributed by atoms with van der Waals surface area (Å²) in [5, 5.41) is 11.1. The molecule has 1 heterocycles. The Bertz CT molecular complexity index is 448. The van der Waals surface area contributed by atoms with Crippen molar-refractivity contribution in [2.45, 2.75) is 54.5 Å². The van der Waals surface area contributed by atoms with Gasteiger partial charge in [0.1, 0.15) is 0 Å². The van der Waals surface area contributed by atoms with E-state index in [-0.39, 0.29) is 13.0 Å². The van der Waals surface area contributed by atoms with E-state index in [1.54, 1.807) is 0 Å². The van der Waals surface area contributed by atoms with E-state index in [0.29, 0.717) is 13.2 Å². The van der Waals surface area contributed by atoms with Gasteiger partial charge < -0.3 is 0 Å². The fourth-order valence-electron chi connectivity index (χ4n) is 2.95. The molecule has 1 saturated heterocycles. The van der Waals surface area contributed by atoms with Gasteiger partial charge in [-0.15, -0.1) is 0 Å². The van der Waals surface area contributed by atoms with E-state index in [4.69, 9.17) is 11.3 Å². The molecule has 6 nitrogen and oxygen atoms in total. The number of aliphatic carboxylic acids is 1. The van der Waals surface area contributed by atoms with Gasteiger partial charge in [-0.3, -0.25) is 0 Å². The minimum atomic E-state index is -3.35. The zero-order valence-corrected chi connectivity index (χ0v) is 17.1. The van der Waals surface area contributed by atoms with Gasteiger partial charge in [0.15, 0.2) is 0 Å². The van der Waals surface area contributed by atoms with Crippen molar-refractivity contribution in [2.75, 3.05) is 13.2 Å². The second kappa shape index (κ2) is 6.88. The Hall–Kier alpha value is -0.601. The Morgan fingerprint density at radius 1 is 1.18 bits per heavy atom. The molecule has 0 radical (unpaired) electrons. The van der Waals surface area contributed by atoms with Gasteiger partial charge in [-0.05, 0) is 0 Å². The Kier molecular flexibility index (Phi) is 6.08. The van der Waals surface area contributed by atoms with Crippen molar-refractivity contribution >= 4 is 31.1 Å². The topological polar surface area (TPSA) is 84.9 Å². The standard InChI is InChI=1S/C7H9NO5.2C4H9.Sn/c9-4-5(10)3-8-6(11)1-2-7(12)13;2*1-4(2)3;/h1-2,5H,3-4H2,(H,8,11)(H,12,13);2*1-3H3;/q-2;;;+2/b2-1-;;;. The minimum absolute atomic E-state index is 0.0189. The first-order valence-electron chi connectivity index (χ1n) is 7.40. The van der Waals surface area contributed by atoms with E-state index in [1.807, 2.05) is 0 Å². The number of nitrogens with one attached hydrogen (secondary N) is 1. The summed E-state index contributed by atoms with van der Waals surface area (Å²) >= 11 is -3.35. The quantitative estimate of drug-likeness (QED) is 0.539. The maximum absolute atomic E-state index is 11.5. The average Bonchev–Trinajstić information content (AvgIpc) is 2.78. The van der Waals surface area contributed by atoms with E-state index in [0.717, 1.165) is 12.2 Å². The summed E-state index contributed by atoms with van der Waals surface area (Å²) in [5.41, 5.74) is 0. The maximum atomic E-state index is 11.5. The van der Waals surface area contributed by atoms with Crippen molar-refractivity contribution in [2.24, 2.45) is 0 Å². The molecule has 22 heavy (non-hydrogen) atoms. The molecule has 1 aliphatic heterocycles. The number of rotatable bonds is 4. The summed E-state index contributed by atoms with van der Waals surface area (Å²) in [6.45, 7) is 13.8. The molecule has 1 amide bonds. The second-order valence-electron chi connectivity index (χ2n) is 7.58. The third-order valence-electron chi connectivity index (χ3n) is 3.66. The van der Waals surface area contributed by atoms with Crippen molar-refractivity contribution in [3.63, 3.8) is 0 Å². The van der Waals surface area contributed by atoms with Crippen LogP contribution in [0.3, 0.4) is 0 Å². The molecule has 0 saturated carbocycles. The van der Waals surface area contributed by atoms with Crippen molar-refractivity contribution in [1.82, 2.24) is 5.32 Å². The molecule has 1 rings (SSSR count). The number of carboxylic acid groups (broad SMARTS) is 1. The summed E-state index contributed by atoms with van der Waals surface area (Å²) in [4.78, 5) is 21.9. The van der Waals surface area contributed by atoms with Crippen molar-refractivity contribution in [3.05, 3.63) is 12.2 Å². The van der Waals surface area contributed by atoms with Crippen LogP contribution in [0.25, 0.3) is 0 Å². The molecule has 2 N–H and O–H groups in total. The molecular formula is C15H27NO5Sn. The molecule has 1 unspecified atom stereocenters. The first kappa shape index (κ1) is 19.4. The molecule has 1 aliphatic rings. The van der Waals surface area contributed by atoms with Crippen LogP contribution in [0, 0.1) is 0 Å². The Labute approximate surface area is 137 Å². The first-order valence-corrected chi connectivity index (χ1v) is 12.6. The third-order valence-corrected chi connectivity index (χ3v) is 18.5. The number of hydrogen-bond acceptors (Lipinski definition) is 4. The second-order valence-corrected chi connectivity index (χ2v) is 21.2. The van der Waals surface area contributed by atoms with Gasteiger partial charge >= 0.3 is 137 Å². The van der Waals surface area contributed by atoms with Crippen LogP contribution in [0.1, 0.15) is 41.5 Å². The number of hydrogen-bond donors (Lipinski definition) is 2. The van der Waals surface area contributed by atoms with Crippen molar-refractivity contribution in [3.8, 4) is 0 Å². The Morgan fingerprint density at radius 2 is 1.73 bits per heavy atom. The summed E-state index contributed by atoms with van der Waals surface area (Å²) in [6, 6.07) is 0. The van der Waals surface area contributed by atoms with Crippen LogP contribution in [0.15, 0.2) is 12.2 Å². The molecule has 0 aromatic heterocycles. The fraction of sp³-hybridized carbons (Fsp3) is 0.733. The van der Waals surface area contributed by atoms with E-state index in [1.165, 1.54) is 0 Å². The molecule has 1 atom stereocenters. The molecule has 7 heteroatoms. The zero-order chi connectivity index (χ0) is 17.2. The average molecular weight is 420 g/mol. The van der Waals surface area contributed by atoms with Crippen LogP contribution in [0.2, 0.25) is 6.86 Å². The summed E-state index contributed by atoms with van der Waals surface area (Å²) in [5.74, 6) is -1.59. The van der Waals surface area contributed by atoms with E-state index in [9.17, 15) is 9.59 Å². The van der Waals surface area contributed by atoms with Crippen molar-refractivity contribution in [1.29, 1.82) is 0 Å². The first-order chi connectivity index (χ1) is 9.89. The number of amides is 1. The van der Waals surface area contributed by atoms with Gasteiger partial charge in [0, 0.05) is 0 Å². The molecular weight excluding hydrogens is 393 g/mol. The summed E-state index contributed by atoms with van der Waals surface area (Å²) in [7, 11) is 0. The van der Waals surface area contributed by atoms with Gasteiger partial charge in [-0.2, -0.15) is 0 Å². The Balaban J connectivity index is 2.68. The van der Waals surface area contributed by atoms with E-state index < -0.39 is 31.1 Å². The molecule has 0 aliphatic carbocycles. The molecule has 0 aromatic carbocycles. The molecule has 0 bridgehead atoms. The van der Waals surface area contributed by atoms with Gasteiger partial charge in [0.05, 0.1) is 0 Å². The van der Waals surface area contributed by atoms with Crippen LogP contribution < -0.4 is 5.32 Å². The van der Waals surface area contributed by atoms with Crippen LogP contribution in [0.5, 0.6) is 0 Å². The van der Waals surface area contributed by atoms with Gasteiger partial charge in [0.25, 0.3) is 0 Å². The molecule has 0 aromatic rings. The molecule has 126 valence electrons. The van der Waals surface area contributed by atoms with E-state index in [2.05, 4.69) is 46.9 Å². The monoisotopic (exact) mass is 421 g/mol. The third kappa shape index (κ3) is 4.45. The SMILES string of the molecule is C[C](C)(C)[Sn]1([C](C)(C)C)[O]CC(CNC(=O)/C=C\C(=O)O)[O]1. The molecule has 1 fully saturated rings. The summed E-state index contributed by atoms with van der Waals surface area (Å²) < 4.78 is 12.6. The van der Waals surface area contributed by atoms with Gasteiger partial charge in [0.2, 0.25) is 0 Å². The number of carbonyl (C=O) groups excluding carboxylic acids is 1. The predicted octanol–water partition coefficient (Wildman–Crippen LogP) is 2.20. The van der Waals surface area contributed by atoms with Crippen molar-refractivity contribution < 1.29 is 20.8 Å². The number of carbonyl (C=O) groups is 2. The van der Waals surface area contributed by atoms with Crippen LogP contribution >= 0.6 is 0 Å². The van der Waals surface area contributed by atoms with Gasteiger partial charge in [-0.1, -0.05) is 0 Å². The number of carboxylic acids is 1. The normalized spacial score (nSPS) is 22.0. The zero-order valence-electron chi connectivity index (χ0n) is 14.2. The van der Waals surface area contributed by atoms with Crippen LogP contribution in [-0.4, -0.2) is 55.4 Å². The fourth-order valence-corrected chi connectivity index (χ4v) is 17.0. The molecule has 0 spiro atoms. The predicted molar refractivity (Wildman–Crippen MR) is 85.8 cm³/mol. The van der Waals surface area contributed by atoms with E-state index >= 15 is 0 Å².